The van der Waals surface area contributed by atoms with E-state index >= 15 is 0 Å². The molecule has 4 heterocycles. The van der Waals surface area contributed by atoms with E-state index in [-0.39, 0.29) is 6.04 Å². The molecule has 1 aliphatic rings. The molecule has 0 radical (unpaired) electrons. The largest absolute Gasteiger partial charge is 0.360 e. The Morgan fingerprint density at radius 2 is 1.93 bits per heavy atom. The number of imidazole rings is 1. The molecule has 8 nitrogen and oxygen atoms in total. The molecule has 0 spiro atoms. The van der Waals surface area contributed by atoms with Gasteiger partial charge in [-0.05, 0) is 37.9 Å². The lowest BCUT2D eigenvalue weighted by molar-refractivity contribution is 0.312. The first-order chi connectivity index (χ1) is 14.6. The first-order valence-corrected chi connectivity index (χ1v) is 10.3. The fourth-order valence-electron chi connectivity index (χ4n) is 4.11. The van der Waals surface area contributed by atoms with E-state index in [1.807, 2.05) is 0 Å². The van der Waals surface area contributed by atoms with Gasteiger partial charge in [-0.2, -0.15) is 0 Å². The van der Waals surface area contributed by atoms with Crippen molar-refractivity contribution >= 4 is 33.6 Å². The van der Waals surface area contributed by atoms with Gasteiger partial charge in [-0.15, -0.1) is 0 Å². The van der Waals surface area contributed by atoms with Crippen molar-refractivity contribution < 1.29 is 0 Å². The Balaban J connectivity index is 1.55. The van der Waals surface area contributed by atoms with Crippen LogP contribution in [0.1, 0.15) is 24.2 Å². The van der Waals surface area contributed by atoms with Gasteiger partial charge in [0, 0.05) is 31.6 Å². The third-order valence-electron chi connectivity index (χ3n) is 5.89. The minimum absolute atomic E-state index is 0.0254. The highest BCUT2D eigenvalue weighted by Gasteiger charge is 2.21. The summed E-state index contributed by atoms with van der Waals surface area (Å²) in [4.78, 5) is 25.9. The molecule has 1 fully saturated rings. The Labute approximate surface area is 175 Å². The number of anilines is 2. The summed E-state index contributed by atoms with van der Waals surface area (Å²) in [5.74, 6) is 1.81. The number of aromatic amines is 1. The average Bonchev–Trinajstić information content (AvgIpc) is 3.24. The van der Waals surface area contributed by atoms with E-state index in [4.69, 9.17) is 4.98 Å². The molecule has 2 N–H and O–H groups in total. The quantitative estimate of drug-likeness (QED) is 0.542. The van der Waals surface area contributed by atoms with Crippen LogP contribution in [0, 0.1) is 6.92 Å². The first kappa shape index (κ1) is 18.7. The zero-order valence-electron chi connectivity index (χ0n) is 17.6. The third kappa shape index (κ3) is 3.33. The van der Waals surface area contributed by atoms with Gasteiger partial charge in [0.2, 0.25) is 0 Å². The molecule has 1 atom stereocenters. The van der Waals surface area contributed by atoms with E-state index < -0.39 is 0 Å². The van der Waals surface area contributed by atoms with E-state index in [2.05, 4.69) is 80.2 Å². The van der Waals surface area contributed by atoms with Crippen LogP contribution in [0.15, 0.2) is 36.9 Å². The van der Waals surface area contributed by atoms with Gasteiger partial charge < -0.3 is 20.1 Å². The van der Waals surface area contributed by atoms with Gasteiger partial charge in [0.05, 0.1) is 18.1 Å². The Morgan fingerprint density at radius 1 is 1.10 bits per heavy atom. The molecule has 0 amide bonds. The van der Waals surface area contributed by atoms with Crippen LogP contribution in [0.4, 0.5) is 11.6 Å². The maximum Gasteiger partial charge on any atom is 0.182 e. The van der Waals surface area contributed by atoms with Gasteiger partial charge in [-0.1, -0.05) is 18.2 Å². The van der Waals surface area contributed by atoms with Crippen molar-refractivity contribution in [2.24, 2.45) is 0 Å². The molecule has 0 bridgehead atoms. The number of fused-ring (bicyclic) bond motifs is 2. The standard InChI is InChI=1S/C22H26N8/c1-14-5-4-6-16-11-17(28-22(18(14)16)30-9-7-29(3)8-10-30)15(2)27-21-19-20(24-12-23-19)25-13-26-21/h4-6,11-13,15H,7-10H2,1-3H3,(H2,23,24,25,26,27). The lowest BCUT2D eigenvalue weighted by Gasteiger charge is -2.34. The number of benzene rings is 1. The molecule has 3 aromatic heterocycles. The van der Waals surface area contributed by atoms with Crippen molar-refractivity contribution in [2.75, 3.05) is 43.4 Å². The molecule has 30 heavy (non-hydrogen) atoms. The van der Waals surface area contributed by atoms with Gasteiger partial charge in [0.1, 0.15) is 17.7 Å². The molecule has 0 saturated carbocycles. The highest BCUT2D eigenvalue weighted by atomic mass is 15.3. The fraction of sp³-hybridized carbons (Fsp3) is 0.364. The predicted molar refractivity (Wildman–Crippen MR) is 120 cm³/mol. The van der Waals surface area contributed by atoms with E-state index in [0.717, 1.165) is 49.0 Å². The number of piperazine rings is 1. The maximum atomic E-state index is 5.15. The van der Waals surface area contributed by atoms with Gasteiger partial charge >= 0.3 is 0 Å². The number of rotatable bonds is 4. The topological polar surface area (TPSA) is 85.9 Å². The van der Waals surface area contributed by atoms with Crippen LogP contribution in [0.25, 0.3) is 21.9 Å². The van der Waals surface area contributed by atoms with E-state index in [1.165, 1.54) is 22.7 Å². The van der Waals surface area contributed by atoms with Crippen molar-refractivity contribution in [3.8, 4) is 0 Å². The van der Waals surface area contributed by atoms with Crippen LogP contribution in [0.2, 0.25) is 0 Å². The number of aryl methyl sites for hydroxylation is 1. The smallest absolute Gasteiger partial charge is 0.182 e. The van der Waals surface area contributed by atoms with Crippen molar-refractivity contribution in [2.45, 2.75) is 19.9 Å². The molecule has 154 valence electrons. The Kier molecular flexibility index (Phi) is 4.71. The maximum absolute atomic E-state index is 5.15. The second-order valence-corrected chi connectivity index (χ2v) is 8.02. The van der Waals surface area contributed by atoms with Crippen LogP contribution >= 0.6 is 0 Å². The first-order valence-electron chi connectivity index (χ1n) is 10.3. The summed E-state index contributed by atoms with van der Waals surface area (Å²) in [6.07, 6.45) is 3.17. The highest BCUT2D eigenvalue weighted by molar-refractivity contribution is 5.95. The summed E-state index contributed by atoms with van der Waals surface area (Å²) in [5.41, 5.74) is 3.71. The van der Waals surface area contributed by atoms with Gasteiger partial charge in [0.25, 0.3) is 0 Å². The number of hydrogen-bond acceptors (Lipinski definition) is 7. The summed E-state index contributed by atoms with van der Waals surface area (Å²) < 4.78 is 0. The zero-order valence-corrected chi connectivity index (χ0v) is 17.6. The molecule has 1 aliphatic heterocycles. The third-order valence-corrected chi connectivity index (χ3v) is 5.89. The SMILES string of the molecule is Cc1cccc2cc(C(C)Nc3ncnc4nc[nH]c34)nc(N3CCN(C)CC3)c12. The number of likely N-dealkylation sites (N-methyl/N-ethyl adjacent to an activating group) is 1. The van der Waals surface area contributed by atoms with Crippen LogP contribution in [0.5, 0.6) is 0 Å². The number of H-pyrrole nitrogens is 1. The summed E-state index contributed by atoms with van der Waals surface area (Å²) >= 11 is 0. The molecule has 5 rings (SSSR count). The Bertz CT molecular complexity index is 1190. The molecule has 0 aliphatic carbocycles. The van der Waals surface area contributed by atoms with Gasteiger partial charge in [0.15, 0.2) is 11.5 Å². The number of aromatic nitrogens is 5. The molecule has 1 unspecified atom stereocenters. The Morgan fingerprint density at radius 3 is 2.77 bits per heavy atom. The van der Waals surface area contributed by atoms with Crippen LogP contribution in [0.3, 0.4) is 0 Å². The average molecular weight is 403 g/mol. The van der Waals surface area contributed by atoms with E-state index in [9.17, 15) is 0 Å². The second kappa shape index (κ2) is 7.53. The molecule has 4 aromatic rings. The lowest BCUT2D eigenvalue weighted by Crippen LogP contribution is -2.45. The summed E-state index contributed by atoms with van der Waals surface area (Å²) in [6, 6.07) is 8.62. The van der Waals surface area contributed by atoms with E-state index in [1.54, 1.807) is 6.33 Å². The number of hydrogen-bond donors (Lipinski definition) is 2. The van der Waals surface area contributed by atoms with Crippen LogP contribution < -0.4 is 10.2 Å². The van der Waals surface area contributed by atoms with Crippen LogP contribution in [-0.4, -0.2) is 63.0 Å². The minimum atomic E-state index is -0.0254. The summed E-state index contributed by atoms with van der Waals surface area (Å²) in [6.45, 7) is 8.35. The van der Waals surface area contributed by atoms with Gasteiger partial charge in [-0.25, -0.2) is 19.9 Å². The van der Waals surface area contributed by atoms with Crippen molar-refractivity contribution in [3.63, 3.8) is 0 Å². The highest BCUT2D eigenvalue weighted by Crippen LogP contribution is 2.32. The lowest BCUT2D eigenvalue weighted by atomic mass is 10.0. The Hall–Kier alpha value is -3.26. The summed E-state index contributed by atoms with van der Waals surface area (Å²) in [7, 11) is 2.18. The zero-order chi connectivity index (χ0) is 20.7. The molecule has 1 saturated heterocycles. The normalized spacial score (nSPS) is 16.3. The second-order valence-electron chi connectivity index (χ2n) is 8.02. The fourth-order valence-corrected chi connectivity index (χ4v) is 4.11. The predicted octanol–water partition coefficient (Wildman–Crippen LogP) is 3.13. The number of nitrogens with zero attached hydrogens (tertiary/aromatic N) is 6. The summed E-state index contributed by atoms with van der Waals surface area (Å²) in [5, 5.41) is 5.96. The monoisotopic (exact) mass is 402 g/mol. The number of pyridine rings is 1. The van der Waals surface area contributed by atoms with Gasteiger partial charge in [-0.3, -0.25) is 0 Å². The number of nitrogens with one attached hydrogen (secondary N) is 2. The molecule has 8 heteroatoms. The molecular formula is C22H26N8. The van der Waals surface area contributed by atoms with Crippen LogP contribution in [-0.2, 0) is 0 Å². The minimum Gasteiger partial charge on any atom is -0.360 e. The molecular weight excluding hydrogens is 376 g/mol. The molecule has 1 aromatic carbocycles. The van der Waals surface area contributed by atoms with Crippen molar-refractivity contribution in [1.82, 2.24) is 29.8 Å². The van der Waals surface area contributed by atoms with E-state index in [0.29, 0.717) is 5.65 Å². The van der Waals surface area contributed by atoms with Crippen molar-refractivity contribution in [3.05, 3.63) is 48.2 Å². The van der Waals surface area contributed by atoms with Crippen molar-refractivity contribution in [1.29, 1.82) is 0 Å².